The van der Waals surface area contributed by atoms with Crippen LogP contribution >= 0.6 is 0 Å². The van der Waals surface area contributed by atoms with Gasteiger partial charge < -0.3 is 10.6 Å². The molecule has 2 fully saturated rings. The lowest BCUT2D eigenvalue weighted by Crippen LogP contribution is -2.38. The van der Waals surface area contributed by atoms with Crippen LogP contribution in [0, 0.1) is 5.92 Å². The predicted octanol–water partition coefficient (Wildman–Crippen LogP) is 3.38. The number of carbonyl (C=O) groups excluding carboxylic acids is 1. The summed E-state index contributed by atoms with van der Waals surface area (Å²) in [5.41, 5.74) is 7.53. The summed E-state index contributed by atoms with van der Waals surface area (Å²) in [4.78, 5) is 14.8. The van der Waals surface area contributed by atoms with Crippen molar-refractivity contribution in [2.24, 2.45) is 5.92 Å². The van der Waals surface area contributed by atoms with E-state index in [0.717, 1.165) is 23.7 Å². The largest absolute Gasteiger partial charge is 0.399 e. The van der Waals surface area contributed by atoms with Crippen LogP contribution in [0.2, 0.25) is 0 Å². The summed E-state index contributed by atoms with van der Waals surface area (Å²) in [6.45, 7) is 0.985. The van der Waals surface area contributed by atoms with Crippen LogP contribution in [-0.2, 0) is 11.2 Å². The fourth-order valence-corrected chi connectivity index (χ4v) is 3.40. The van der Waals surface area contributed by atoms with Crippen LogP contribution in [0.25, 0.3) is 0 Å². The predicted molar refractivity (Wildman–Crippen MR) is 85.9 cm³/mol. The van der Waals surface area contributed by atoms with Gasteiger partial charge in [-0.1, -0.05) is 31.4 Å². The zero-order valence-electron chi connectivity index (χ0n) is 12.8. The molecule has 0 aromatic heterocycles. The van der Waals surface area contributed by atoms with Crippen LogP contribution < -0.4 is 5.73 Å². The minimum Gasteiger partial charge on any atom is -0.399 e. The molecular weight excluding hydrogens is 260 g/mol. The molecule has 0 spiro atoms. The van der Waals surface area contributed by atoms with Gasteiger partial charge in [-0.15, -0.1) is 0 Å². The second-order valence-corrected chi connectivity index (χ2v) is 6.70. The quantitative estimate of drug-likeness (QED) is 0.843. The number of carbonyl (C=O) groups is 1. The molecule has 0 bridgehead atoms. The Morgan fingerprint density at radius 1 is 1.05 bits per heavy atom. The van der Waals surface area contributed by atoms with E-state index >= 15 is 0 Å². The van der Waals surface area contributed by atoms with E-state index in [-0.39, 0.29) is 0 Å². The normalized spacial score (nSPS) is 19.4. The summed E-state index contributed by atoms with van der Waals surface area (Å²) in [7, 11) is 0. The monoisotopic (exact) mass is 286 g/mol. The third-order valence-corrected chi connectivity index (χ3v) is 4.82. The molecule has 0 unspecified atom stereocenters. The van der Waals surface area contributed by atoms with E-state index in [2.05, 4.69) is 4.90 Å². The molecule has 1 aromatic rings. The van der Waals surface area contributed by atoms with Gasteiger partial charge in [0.05, 0.1) is 6.42 Å². The fourth-order valence-electron chi connectivity index (χ4n) is 3.40. The summed E-state index contributed by atoms with van der Waals surface area (Å²) >= 11 is 0. The molecule has 0 aliphatic heterocycles. The number of anilines is 1. The van der Waals surface area contributed by atoms with Gasteiger partial charge in [-0.05, 0) is 49.3 Å². The molecule has 1 aromatic carbocycles. The van der Waals surface area contributed by atoms with Gasteiger partial charge in [-0.25, -0.2) is 0 Å². The van der Waals surface area contributed by atoms with E-state index in [1.807, 2.05) is 24.3 Å². The molecule has 0 atom stereocenters. The molecule has 0 radical (unpaired) electrons. The van der Waals surface area contributed by atoms with Gasteiger partial charge in [0.2, 0.25) is 5.91 Å². The van der Waals surface area contributed by atoms with Crippen molar-refractivity contribution in [1.82, 2.24) is 4.90 Å². The molecule has 114 valence electrons. The van der Waals surface area contributed by atoms with Crippen molar-refractivity contribution in [2.75, 3.05) is 12.3 Å². The van der Waals surface area contributed by atoms with Gasteiger partial charge in [0.15, 0.2) is 0 Å². The maximum Gasteiger partial charge on any atom is 0.227 e. The Morgan fingerprint density at radius 2 is 1.71 bits per heavy atom. The van der Waals surface area contributed by atoms with Crippen molar-refractivity contribution < 1.29 is 4.79 Å². The van der Waals surface area contributed by atoms with Crippen LogP contribution in [-0.4, -0.2) is 23.4 Å². The Bertz CT molecular complexity index is 472. The number of hydrogen-bond acceptors (Lipinski definition) is 2. The highest BCUT2D eigenvalue weighted by Gasteiger charge is 2.33. The standard InChI is InChI=1S/C18H26N2O/c19-16-8-6-14(7-9-16)12-18(21)20(17-10-11-17)13-15-4-2-1-3-5-15/h6-9,15,17H,1-5,10-13,19H2. The van der Waals surface area contributed by atoms with Crippen molar-refractivity contribution in [3.8, 4) is 0 Å². The number of amides is 1. The molecule has 2 N–H and O–H groups in total. The second-order valence-electron chi connectivity index (χ2n) is 6.70. The highest BCUT2D eigenvalue weighted by molar-refractivity contribution is 5.79. The topological polar surface area (TPSA) is 46.3 Å². The minimum absolute atomic E-state index is 0.299. The zero-order valence-corrected chi connectivity index (χ0v) is 12.8. The Kier molecular flexibility index (Phi) is 4.47. The SMILES string of the molecule is Nc1ccc(CC(=O)N(CC2CCCCC2)C2CC2)cc1. The fraction of sp³-hybridized carbons (Fsp3) is 0.611. The van der Waals surface area contributed by atoms with Crippen LogP contribution in [0.5, 0.6) is 0 Å². The van der Waals surface area contributed by atoms with Gasteiger partial charge in [-0.2, -0.15) is 0 Å². The van der Waals surface area contributed by atoms with Crippen LogP contribution in [0.4, 0.5) is 5.69 Å². The van der Waals surface area contributed by atoms with E-state index in [9.17, 15) is 4.79 Å². The Morgan fingerprint density at radius 3 is 2.33 bits per heavy atom. The first kappa shape index (κ1) is 14.4. The number of nitrogens with two attached hydrogens (primary N) is 1. The van der Waals surface area contributed by atoms with E-state index in [0.29, 0.717) is 18.4 Å². The van der Waals surface area contributed by atoms with Crippen molar-refractivity contribution in [1.29, 1.82) is 0 Å². The third-order valence-electron chi connectivity index (χ3n) is 4.82. The number of nitrogens with zero attached hydrogens (tertiary/aromatic N) is 1. The number of rotatable bonds is 5. The van der Waals surface area contributed by atoms with Gasteiger partial charge in [0.1, 0.15) is 0 Å². The van der Waals surface area contributed by atoms with E-state index < -0.39 is 0 Å². The molecule has 2 aliphatic carbocycles. The summed E-state index contributed by atoms with van der Waals surface area (Å²) in [5.74, 6) is 1.03. The highest BCUT2D eigenvalue weighted by atomic mass is 16.2. The van der Waals surface area contributed by atoms with E-state index in [4.69, 9.17) is 5.73 Å². The average Bonchev–Trinajstić information content (AvgIpc) is 3.33. The van der Waals surface area contributed by atoms with Crippen molar-refractivity contribution in [3.63, 3.8) is 0 Å². The Balaban J connectivity index is 1.60. The third kappa shape index (κ3) is 3.99. The molecule has 3 rings (SSSR count). The van der Waals surface area contributed by atoms with Crippen LogP contribution in [0.1, 0.15) is 50.5 Å². The average molecular weight is 286 g/mol. The molecule has 21 heavy (non-hydrogen) atoms. The van der Waals surface area contributed by atoms with Gasteiger partial charge >= 0.3 is 0 Å². The van der Waals surface area contributed by atoms with Crippen molar-refractivity contribution >= 4 is 11.6 Å². The summed E-state index contributed by atoms with van der Waals surface area (Å²) in [6.07, 6.45) is 9.57. The molecular formula is C18H26N2O. The molecule has 3 heteroatoms. The smallest absolute Gasteiger partial charge is 0.227 e. The molecule has 2 aliphatic rings. The second kappa shape index (κ2) is 6.50. The molecule has 0 heterocycles. The van der Waals surface area contributed by atoms with Gasteiger partial charge in [0.25, 0.3) is 0 Å². The highest BCUT2D eigenvalue weighted by Crippen LogP contribution is 2.31. The molecule has 3 nitrogen and oxygen atoms in total. The van der Waals surface area contributed by atoms with E-state index in [1.165, 1.54) is 44.9 Å². The zero-order chi connectivity index (χ0) is 14.7. The van der Waals surface area contributed by atoms with Crippen molar-refractivity contribution in [3.05, 3.63) is 29.8 Å². The van der Waals surface area contributed by atoms with Gasteiger partial charge in [0, 0.05) is 18.3 Å². The summed E-state index contributed by atoms with van der Waals surface area (Å²) in [5, 5.41) is 0. The molecule has 2 saturated carbocycles. The maximum absolute atomic E-state index is 12.6. The Labute approximate surface area is 127 Å². The van der Waals surface area contributed by atoms with E-state index in [1.54, 1.807) is 0 Å². The lowest BCUT2D eigenvalue weighted by molar-refractivity contribution is -0.131. The summed E-state index contributed by atoms with van der Waals surface area (Å²) < 4.78 is 0. The van der Waals surface area contributed by atoms with Gasteiger partial charge in [-0.3, -0.25) is 4.79 Å². The summed E-state index contributed by atoms with van der Waals surface area (Å²) in [6, 6.07) is 8.22. The van der Waals surface area contributed by atoms with Crippen LogP contribution in [0.3, 0.4) is 0 Å². The number of hydrogen-bond donors (Lipinski definition) is 1. The molecule has 1 amide bonds. The van der Waals surface area contributed by atoms with Crippen molar-refractivity contribution in [2.45, 2.75) is 57.4 Å². The first-order valence-electron chi connectivity index (χ1n) is 8.36. The minimum atomic E-state index is 0.299. The lowest BCUT2D eigenvalue weighted by atomic mass is 9.89. The number of nitrogen functional groups attached to an aromatic ring is 1. The lowest BCUT2D eigenvalue weighted by Gasteiger charge is -2.30. The first-order valence-corrected chi connectivity index (χ1v) is 8.36. The maximum atomic E-state index is 12.6. The Hall–Kier alpha value is -1.51. The van der Waals surface area contributed by atoms with Crippen LogP contribution in [0.15, 0.2) is 24.3 Å². The molecule has 0 saturated heterocycles. The first-order chi connectivity index (χ1) is 10.2. The number of benzene rings is 1.